The van der Waals surface area contributed by atoms with Crippen LogP contribution in [-0.2, 0) is 4.74 Å². The maximum atomic E-state index is 12.6. The van der Waals surface area contributed by atoms with E-state index in [0.29, 0.717) is 5.56 Å². The molecule has 0 radical (unpaired) electrons. The van der Waals surface area contributed by atoms with Crippen LogP contribution in [0.4, 0.5) is 4.39 Å². The summed E-state index contributed by atoms with van der Waals surface area (Å²) in [6.07, 6.45) is 0. The highest BCUT2D eigenvalue weighted by Gasteiger charge is 2.04. The van der Waals surface area contributed by atoms with Gasteiger partial charge in [0.2, 0.25) is 5.90 Å². The minimum absolute atomic E-state index is 0.00528. The molecule has 0 saturated heterocycles. The molecule has 1 aromatic carbocycles. The Morgan fingerprint density at radius 1 is 1.58 bits per heavy atom. The molecule has 0 amide bonds. The number of benzene rings is 1. The van der Waals surface area contributed by atoms with Gasteiger partial charge in [0.15, 0.2) is 0 Å². The van der Waals surface area contributed by atoms with Crippen LogP contribution in [0.1, 0.15) is 5.56 Å². The van der Waals surface area contributed by atoms with Crippen molar-refractivity contribution in [3.63, 3.8) is 0 Å². The van der Waals surface area contributed by atoms with Gasteiger partial charge in [0.1, 0.15) is 5.82 Å². The normalized spacial score (nSPS) is 9.58. The van der Waals surface area contributed by atoms with Crippen LogP contribution in [0.25, 0.3) is 0 Å². The molecule has 1 rings (SSSR count). The molecule has 1 aromatic rings. The van der Waals surface area contributed by atoms with Gasteiger partial charge in [-0.3, -0.25) is 5.41 Å². The van der Waals surface area contributed by atoms with Crippen molar-refractivity contribution < 1.29 is 9.13 Å². The topological polar surface area (TPSA) is 33.1 Å². The van der Waals surface area contributed by atoms with Gasteiger partial charge in [-0.15, -0.1) is 0 Å². The Kier molecular flexibility index (Phi) is 2.65. The molecule has 0 atom stereocenters. The fourth-order valence-corrected chi connectivity index (χ4v) is 0.936. The Balaban J connectivity index is 3.05. The van der Waals surface area contributed by atoms with Crippen molar-refractivity contribution in [3.05, 3.63) is 34.6 Å². The summed E-state index contributed by atoms with van der Waals surface area (Å²) < 4.78 is 17.3. The lowest BCUT2D eigenvalue weighted by molar-refractivity contribution is 0.401. The van der Waals surface area contributed by atoms with Crippen molar-refractivity contribution in [1.29, 1.82) is 5.41 Å². The summed E-state index contributed by atoms with van der Waals surface area (Å²) in [6.45, 7) is 0. The minimum Gasteiger partial charge on any atom is -0.481 e. The number of hydrogen-bond donors (Lipinski definition) is 1. The molecule has 1 N–H and O–H groups in total. The molecule has 0 aliphatic rings. The number of rotatable bonds is 1. The van der Waals surface area contributed by atoms with E-state index in [1.807, 2.05) is 0 Å². The monoisotopic (exact) mass is 187 g/mol. The van der Waals surface area contributed by atoms with Crippen molar-refractivity contribution in [2.24, 2.45) is 0 Å². The molecule has 0 heterocycles. The second-order valence-electron chi connectivity index (χ2n) is 2.16. The summed E-state index contributed by atoms with van der Waals surface area (Å²) in [5.41, 5.74) is 0.462. The molecule has 2 nitrogen and oxygen atoms in total. The molecule has 0 fully saturated rings. The van der Waals surface area contributed by atoms with Gasteiger partial charge < -0.3 is 4.74 Å². The zero-order valence-corrected chi connectivity index (χ0v) is 7.15. The first-order valence-electron chi connectivity index (χ1n) is 3.23. The van der Waals surface area contributed by atoms with Gasteiger partial charge in [-0.05, 0) is 18.2 Å². The van der Waals surface area contributed by atoms with Crippen molar-refractivity contribution in [2.75, 3.05) is 7.11 Å². The molecule has 0 aliphatic heterocycles. The quantitative estimate of drug-likeness (QED) is 0.532. The van der Waals surface area contributed by atoms with Crippen LogP contribution in [0.2, 0.25) is 5.02 Å². The van der Waals surface area contributed by atoms with Crippen LogP contribution in [0, 0.1) is 11.2 Å². The fourth-order valence-electron chi connectivity index (χ4n) is 0.755. The second kappa shape index (κ2) is 3.54. The maximum absolute atomic E-state index is 12.6. The van der Waals surface area contributed by atoms with Crippen molar-refractivity contribution in [3.8, 4) is 0 Å². The van der Waals surface area contributed by atoms with E-state index in [2.05, 4.69) is 4.74 Å². The maximum Gasteiger partial charge on any atom is 0.212 e. The van der Waals surface area contributed by atoms with E-state index in [1.165, 1.54) is 25.3 Å². The molecule has 0 saturated carbocycles. The summed E-state index contributed by atoms with van der Waals surface area (Å²) in [5.74, 6) is -0.527. The standard InChI is InChI=1S/C8H7ClFNO/c1-12-8(11)5-2-3-7(10)6(9)4-5/h2-4,11H,1H3. The van der Waals surface area contributed by atoms with E-state index in [4.69, 9.17) is 17.0 Å². The van der Waals surface area contributed by atoms with Crippen LogP contribution >= 0.6 is 11.6 Å². The lowest BCUT2D eigenvalue weighted by Crippen LogP contribution is -2.00. The number of methoxy groups -OCH3 is 1. The number of ether oxygens (including phenoxy) is 1. The molecule has 4 heteroatoms. The lowest BCUT2D eigenvalue weighted by atomic mass is 10.2. The Labute approximate surface area is 74.4 Å². The number of hydrogen-bond acceptors (Lipinski definition) is 2. The largest absolute Gasteiger partial charge is 0.481 e. The summed E-state index contributed by atoms with van der Waals surface area (Å²) in [4.78, 5) is 0. The molecule has 0 unspecified atom stereocenters. The van der Waals surface area contributed by atoms with Crippen LogP contribution in [0.3, 0.4) is 0 Å². The molecular formula is C8H7ClFNO. The molecule has 64 valence electrons. The van der Waals surface area contributed by atoms with Gasteiger partial charge in [-0.2, -0.15) is 0 Å². The minimum atomic E-state index is -0.496. The first-order chi connectivity index (χ1) is 5.65. The van der Waals surface area contributed by atoms with Crippen LogP contribution in [0.5, 0.6) is 0 Å². The zero-order chi connectivity index (χ0) is 9.14. The average molecular weight is 188 g/mol. The lowest BCUT2D eigenvalue weighted by Gasteiger charge is -2.02. The van der Waals surface area contributed by atoms with Crippen LogP contribution in [0.15, 0.2) is 18.2 Å². The second-order valence-corrected chi connectivity index (χ2v) is 2.57. The molecule has 12 heavy (non-hydrogen) atoms. The van der Waals surface area contributed by atoms with Gasteiger partial charge in [-0.25, -0.2) is 4.39 Å². The van der Waals surface area contributed by atoms with Crippen LogP contribution < -0.4 is 0 Å². The van der Waals surface area contributed by atoms with E-state index in [0.717, 1.165) is 0 Å². The first kappa shape index (κ1) is 9.00. The fraction of sp³-hybridized carbons (Fsp3) is 0.125. The van der Waals surface area contributed by atoms with Gasteiger partial charge >= 0.3 is 0 Å². The van der Waals surface area contributed by atoms with Gasteiger partial charge in [0.25, 0.3) is 0 Å². The summed E-state index contributed by atoms with van der Waals surface area (Å²) in [5, 5.41) is 7.24. The number of nitrogens with one attached hydrogen (secondary N) is 1. The molecular weight excluding hydrogens is 181 g/mol. The zero-order valence-electron chi connectivity index (χ0n) is 6.40. The van der Waals surface area contributed by atoms with E-state index in [9.17, 15) is 4.39 Å². The van der Waals surface area contributed by atoms with Gasteiger partial charge in [0, 0.05) is 5.56 Å². The van der Waals surface area contributed by atoms with Gasteiger partial charge in [-0.1, -0.05) is 11.6 Å². The highest BCUT2D eigenvalue weighted by atomic mass is 35.5. The predicted molar refractivity (Wildman–Crippen MR) is 45.2 cm³/mol. The van der Waals surface area contributed by atoms with E-state index >= 15 is 0 Å². The Morgan fingerprint density at radius 3 is 2.75 bits per heavy atom. The summed E-state index contributed by atoms with van der Waals surface area (Å²) in [7, 11) is 1.37. The SMILES string of the molecule is COC(=N)c1ccc(F)c(Cl)c1. The predicted octanol–water partition coefficient (Wildman–Crippen LogP) is 2.45. The van der Waals surface area contributed by atoms with E-state index in [1.54, 1.807) is 0 Å². The third-order valence-corrected chi connectivity index (χ3v) is 1.68. The Hall–Kier alpha value is -1.09. The number of halogens is 2. The molecule has 0 aliphatic carbocycles. The molecule has 0 spiro atoms. The van der Waals surface area contributed by atoms with Crippen molar-refractivity contribution in [2.45, 2.75) is 0 Å². The summed E-state index contributed by atoms with van der Waals surface area (Å²) >= 11 is 5.49. The van der Waals surface area contributed by atoms with Crippen LogP contribution in [-0.4, -0.2) is 13.0 Å². The van der Waals surface area contributed by atoms with E-state index < -0.39 is 5.82 Å². The molecule has 0 bridgehead atoms. The third-order valence-electron chi connectivity index (χ3n) is 1.39. The average Bonchev–Trinajstić information content (AvgIpc) is 2.08. The van der Waals surface area contributed by atoms with Crippen molar-refractivity contribution in [1.82, 2.24) is 0 Å². The Morgan fingerprint density at radius 2 is 2.25 bits per heavy atom. The highest BCUT2D eigenvalue weighted by molar-refractivity contribution is 6.31. The van der Waals surface area contributed by atoms with Crippen molar-refractivity contribution >= 4 is 17.5 Å². The first-order valence-corrected chi connectivity index (χ1v) is 3.61. The summed E-state index contributed by atoms with van der Waals surface area (Å²) in [6, 6.07) is 3.99. The van der Waals surface area contributed by atoms with E-state index in [-0.39, 0.29) is 10.9 Å². The van der Waals surface area contributed by atoms with Gasteiger partial charge in [0.05, 0.1) is 12.1 Å². The molecule has 0 aromatic heterocycles. The third kappa shape index (κ3) is 1.74. The highest BCUT2D eigenvalue weighted by Crippen LogP contribution is 2.16. The Bertz CT molecular complexity index is 314. The smallest absolute Gasteiger partial charge is 0.212 e.